The molecule has 0 spiro atoms. The number of rotatable bonds is 7. The van der Waals surface area contributed by atoms with E-state index in [1.807, 2.05) is 6.92 Å². The molecular formula is C18H28IN5O. The van der Waals surface area contributed by atoms with Crippen LogP contribution in [0.4, 0.5) is 0 Å². The van der Waals surface area contributed by atoms with Crippen molar-refractivity contribution in [2.24, 2.45) is 4.99 Å². The second-order valence-electron chi connectivity index (χ2n) is 5.94. The van der Waals surface area contributed by atoms with Gasteiger partial charge in [-0.3, -0.25) is 4.99 Å². The van der Waals surface area contributed by atoms with Crippen LogP contribution < -0.4 is 10.6 Å². The summed E-state index contributed by atoms with van der Waals surface area (Å²) < 4.78 is 5.11. The molecule has 0 bridgehead atoms. The number of aryl methyl sites for hydroxylation is 2. The van der Waals surface area contributed by atoms with E-state index in [4.69, 9.17) is 4.52 Å². The monoisotopic (exact) mass is 457 g/mol. The van der Waals surface area contributed by atoms with Crippen LogP contribution in [0.3, 0.4) is 0 Å². The van der Waals surface area contributed by atoms with E-state index in [2.05, 4.69) is 70.8 Å². The third-order valence-electron chi connectivity index (χ3n) is 3.71. The van der Waals surface area contributed by atoms with Gasteiger partial charge in [0.15, 0.2) is 11.8 Å². The van der Waals surface area contributed by atoms with Crippen molar-refractivity contribution in [1.29, 1.82) is 0 Å². The summed E-state index contributed by atoms with van der Waals surface area (Å²) in [6.45, 7) is 10.4. The lowest BCUT2D eigenvalue weighted by Gasteiger charge is -2.13. The van der Waals surface area contributed by atoms with Gasteiger partial charge in [0.05, 0.1) is 0 Å². The molecule has 0 fully saturated rings. The molecule has 1 aromatic heterocycles. The lowest BCUT2D eigenvalue weighted by atomic mass is 10.0. The molecule has 0 radical (unpaired) electrons. The molecule has 2 aromatic rings. The molecule has 6 nitrogen and oxygen atoms in total. The van der Waals surface area contributed by atoms with E-state index in [0.717, 1.165) is 19.0 Å². The van der Waals surface area contributed by atoms with Crippen LogP contribution in [0.2, 0.25) is 0 Å². The first-order valence-corrected chi connectivity index (χ1v) is 8.46. The lowest BCUT2D eigenvalue weighted by molar-refractivity contribution is 0.374. The Morgan fingerprint density at radius 2 is 1.92 bits per heavy atom. The third kappa shape index (κ3) is 7.41. The molecule has 0 amide bonds. The highest BCUT2D eigenvalue weighted by atomic mass is 127. The fourth-order valence-electron chi connectivity index (χ4n) is 2.30. The van der Waals surface area contributed by atoms with Crippen LogP contribution in [-0.4, -0.2) is 35.7 Å². The lowest BCUT2D eigenvalue weighted by Crippen LogP contribution is -2.38. The molecule has 25 heavy (non-hydrogen) atoms. The van der Waals surface area contributed by atoms with Crippen molar-refractivity contribution in [3.8, 4) is 0 Å². The van der Waals surface area contributed by atoms with Gasteiger partial charge in [-0.2, -0.15) is 4.98 Å². The molecule has 1 atom stereocenters. The van der Waals surface area contributed by atoms with E-state index >= 15 is 0 Å². The maximum Gasteiger partial charge on any atom is 0.228 e. The second kappa shape index (κ2) is 11.1. The van der Waals surface area contributed by atoms with Gasteiger partial charge in [-0.25, -0.2) is 0 Å². The van der Waals surface area contributed by atoms with Gasteiger partial charge in [-0.15, -0.1) is 24.0 Å². The quantitative estimate of drug-likeness (QED) is 0.380. The highest BCUT2D eigenvalue weighted by molar-refractivity contribution is 14.0. The predicted molar refractivity (Wildman–Crippen MR) is 112 cm³/mol. The normalized spacial score (nSPS) is 12.4. The standard InChI is InChI=1S/C18H27N5O.HI/c1-5-19-18(20-11-10-17-22-15(4)23-24-17)21-12-14(3)16-8-6-13(2)7-9-16;/h6-9,14H,5,10-12H2,1-4H3,(H2,19,20,21);1H. The van der Waals surface area contributed by atoms with E-state index in [9.17, 15) is 0 Å². The molecule has 0 saturated heterocycles. The summed E-state index contributed by atoms with van der Waals surface area (Å²) in [5.74, 6) is 2.49. The Morgan fingerprint density at radius 3 is 2.52 bits per heavy atom. The van der Waals surface area contributed by atoms with E-state index < -0.39 is 0 Å². The molecule has 2 N–H and O–H groups in total. The molecule has 0 saturated carbocycles. The molecule has 0 aliphatic carbocycles. The predicted octanol–water partition coefficient (Wildman–Crippen LogP) is 3.21. The van der Waals surface area contributed by atoms with Crippen LogP contribution in [0.15, 0.2) is 33.8 Å². The Labute approximate surface area is 166 Å². The minimum absolute atomic E-state index is 0. The second-order valence-corrected chi connectivity index (χ2v) is 5.94. The zero-order valence-electron chi connectivity index (χ0n) is 15.4. The number of aliphatic imine (C=N–C) groups is 1. The van der Waals surface area contributed by atoms with Gasteiger partial charge >= 0.3 is 0 Å². The molecule has 138 valence electrons. The van der Waals surface area contributed by atoms with Crippen LogP contribution in [0.1, 0.15) is 42.6 Å². The topological polar surface area (TPSA) is 75.3 Å². The van der Waals surface area contributed by atoms with Crippen LogP contribution >= 0.6 is 24.0 Å². The van der Waals surface area contributed by atoms with Crippen molar-refractivity contribution in [1.82, 2.24) is 20.8 Å². The van der Waals surface area contributed by atoms with Crippen molar-refractivity contribution in [2.75, 3.05) is 19.6 Å². The van der Waals surface area contributed by atoms with Gasteiger partial charge in [0.1, 0.15) is 0 Å². The number of guanidine groups is 1. The zero-order valence-corrected chi connectivity index (χ0v) is 17.7. The molecule has 0 aliphatic heterocycles. The third-order valence-corrected chi connectivity index (χ3v) is 3.71. The molecular weight excluding hydrogens is 429 g/mol. The first kappa shape index (κ1) is 21.4. The SMILES string of the molecule is CCNC(=NCC(C)c1ccc(C)cc1)NCCc1nc(C)no1.I. The fraction of sp³-hybridized carbons (Fsp3) is 0.500. The molecule has 1 unspecified atom stereocenters. The number of hydrogen-bond acceptors (Lipinski definition) is 4. The summed E-state index contributed by atoms with van der Waals surface area (Å²) in [7, 11) is 0. The largest absolute Gasteiger partial charge is 0.357 e. The Morgan fingerprint density at radius 1 is 1.20 bits per heavy atom. The first-order chi connectivity index (χ1) is 11.6. The van der Waals surface area contributed by atoms with Crippen molar-refractivity contribution in [3.05, 3.63) is 47.1 Å². The average Bonchev–Trinajstić information content (AvgIpc) is 2.98. The number of nitrogens with zero attached hydrogens (tertiary/aromatic N) is 3. The maximum atomic E-state index is 5.11. The van der Waals surface area contributed by atoms with Crippen molar-refractivity contribution < 1.29 is 4.52 Å². The number of benzene rings is 1. The minimum Gasteiger partial charge on any atom is -0.357 e. The van der Waals surface area contributed by atoms with Gasteiger partial charge in [0, 0.05) is 32.0 Å². The number of aromatic nitrogens is 2. The van der Waals surface area contributed by atoms with Gasteiger partial charge in [-0.1, -0.05) is 41.9 Å². The van der Waals surface area contributed by atoms with Gasteiger partial charge < -0.3 is 15.2 Å². The van der Waals surface area contributed by atoms with Crippen LogP contribution in [-0.2, 0) is 6.42 Å². The van der Waals surface area contributed by atoms with E-state index in [0.29, 0.717) is 30.6 Å². The molecule has 0 aliphatic rings. The maximum absolute atomic E-state index is 5.11. The Hall–Kier alpha value is -1.64. The average molecular weight is 457 g/mol. The number of halogens is 1. The highest BCUT2D eigenvalue weighted by Gasteiger charge is 2.06. The zero-order chi connectivity index (χ0) is 17.4. The fourth-order valence-corrected chi connectivity index (χ4v) is 2.30. The summed E-state index contributed by atoms with van der Waals surface area (Å²) >= 11 is 0. The van der Waals surface area contributed by atoms with Crippen molar-refractivity contribution >= 4 is 29.9 Å². The summed E-state index contributed by atoms with van der Waals surface area (Å²) in [5, 5.41) is 10.4. The van der Waals surface area contributed by atoms with Gasteiger partial charge in [-0.05, 0) is 26.3 Å². The molecule has 1 heterocycles. The van der Waals surface area contributed by atoms with E-state index in [1.54, 1.807) is 0 Å². The summed E-state index contributed by atoms with van der Waals surface area (Å²) in [6, 6.07) is 8.64. The summed E-state index contributed by atoms with van der Waals surface area (Å²) in [5.41, 5.74) is 2.59. The molecule has 2 rings (SSSR count). The first-order valence-electron chi connectivity index (χ1n) is 8.46. The smallest absolute Gasteiger partial charge is 0.228 e. The van der Waals surface area contributed by atoms with Crippen molar-refractivity contribution in [3.63, 3.8) is 0 Å². The van der Waals surface area contributed by atoms with Gasteiger partial charge in [0.25, 0.3) is 0 Å². The van der Waals surface area contributed by atoms with E-state index in [1.165, 1.54) is 11.1 Å². The Kier molecular flexibility index (Phi) is 9.48. The Bertz CT molecular complexity index is 654. The van der Waals surface area contributed by atoms with Crippen molar-refractivity contribution in [2.45, 2.75) is 40.0 Å². The Balaban J connectivity index is 0.00000312. The number of hydrogen-bond donors (Lipinski definition) is 2. The van der Waals surface area contributed by atoms with Crippen LogP contribution in [0.5, 0.6) is 0 Å². The summed E-state index contributed by atoms with van der Waals surface area (Å²) in [6.07, 6.45) is 0.679. The highest BCUT2D eigenvalue weighted by Crippen LogP contribution is 2.15. The molecule has 1 aromatic carbocycles. The molecule has 7 heteroatoms. The van der Waals surface area contributed by atoms with Gasteiger partial charge in [0.2, 0.25) is 5.89 Å². The summed E-state index contributed by atoms with van der Waals surface area (Å²) in [4.78, 5) is 8.87. The minimum atomic E-state index is 0. The van der Waals surface area contributed by atoms with Crippen LogP contribution in [0.25, 0.3) is 0 Å². The van der Waals surface area contributed by atoms with Crippen LogP contribution in [0, 0.1) is 13.8 Å². The number of nitrogens with one attached hydrogen (secondary N) is 2. The van der Waals surface area contributed by atoms with E-state index in [-0.39, 0.29) is 24.0 Å².